The van der Waals surface area contributed by atoms with E-state index in [1.165, 1.54) is 0 Å². The quantitative estimate of drug-likeness (QED) is 0.0616. The molecule has 0 saturated heterocycles. The van der Waals surface area contributed by atoms with E-state index in [-0.39, 0.29) is 17.1 Å². The van der Waals surface area contributed by atoms with E-state index in [1.807, 2.05) is 0 Å². The maximum Gasteiger partial charge on any atom is 3.00 e. The van der Waals surface area contributed by atoms with Gasteiger partial charge in [0.2, 0.25) is 0 Å². The van der Waals surface area contributed by atoms with Crippen LogP contribution in [0.25, 0.3) is 0 Å². The van der Waals surface area contributed by atoms with Gasteiger partial charge in [0, 0.05) is 0 Å². The molecule has 0 fully saturated rings. The monoisotopic (exact) mass is 1550 g/mol. The Kier molecular flexibility index (Phi) is 23.5. The molecule has 9 nitrogen and oxygen atoms in total. The normalized spacial score (nSPS) is 16.7. The molecule has 533 valence electrons. The molecule has 0 aromatic carbocycles. The van der Waals surface area contributed by atoms with Crippen molar-refractivity contribution in [2.75, 3.05) is 0 Å². The van der Waals surface area contributed by atoms with Crippen molar-refractivity contribution in [3.8, 4) is 0 Å². The average Bonchev–Trinajstić information content (AvgIpc) is 3.23. The SMILES string of the molecule is O=S(=O)([O-])C(F)(F)C(F)(F)C(F)(F)C(F)(F)C(F)(F)C(F)(F)C(F)(F)C(F)(F)F.O=S(=O)([O-])C(F)(F)C(F)(F)C(F)(F)C(F)(F)C(F)(F)C(F)(F)C(F)(F)C(F)(F)F.O=S(=O)([O-])C(F)(F)C(F)(F)C(F)(F)C(F)(F)C(F)(F)C(F)(F)C(F)(F)C(F)(F)F.[Fe+3]. The van der Waals surface area contributed by atoms with E-state index in [2.05, 4.69) is 0 Å². The van der Waals surface area contributed by atoms with E-state index >= 15 is 0 Å². The molecule has 0 N–H and O–H groups in total. The fraction of sp³-hybridized carbons (Fsp3) is 1.00. The second-order valence-corrected chi connectivity index (χ2v) is 19.0. The molecule has 0 aliphatic carbocycles. The number of rotatable bonds is 21. The van der Waals surface area contributed by atoms with Gasteiger partial charge in [0.1, 0.15) is 0 Å². The summed E-state index contributed by atoms with van der Waals surface area (Å²) in [5.41, 5.74) is 0. The predicted octanol–water partition coefficient (Wildman–Crippen LogP) is 13.5. The van der Waals surface area contributed by atoms with Crippen LogP contribution in [0.4, 0.5) is 224 Å². The van der Waals surface area contributed by atoms with E-state index in [0.717, 1.165) is 0 Å². The Morgan fingerprint density at radius 3 is 0.284 bits per heavy atom. The Labute approximate surface area is 451 Å². The second kappa shape index (κ2) is 22.7. The number of hydrogen-bond donors (Lipinski definition) is 0. The molecule has 0 bridgehead atoms. The van der Waals surface area contributed by atoms with Crippen molar-refractivity contribution in [3.05, 3.63) is 0 Å². The van der Waals surface area contributed by atoms with E-state index in [1.54, 1.807) is 0 Å². The van der Waals surface area contributed by atoms with E-state index in [4.69, 9.17) is 0 Å². The minimum atomic E-state index is -8.92. The first-order valence-corrected chi connectivity index (χ1v) is 21.2. The Balaban J connectivity index is -0.000000598. The van der Waals surface area contributed by atoms with Crippen LogP contribution >= 0.6 is 0 Å². The summed E-state index contributed by atoms with van der Waals surface area (Å²) in [7, 11) is -24.4. The fourth-order valence-corrected chi connectivity index (χ4v) is 5.25. The largest absolute Gasteiger partial charge is 3.00 e. The van der Waals surface area contributed by atoms with Crippen LogP contribution in [0.3, 0.4) is 0 Å². The number of hydrogen-bond acceptors (Lipinski definition) is 9. The van der Waals surface area contributed by atoms with Gasteiger partial charge in [-0.15, -0.1) is 0 Å². The zero-order valence-corrected chi connectivity index (χ0v) is 40.1. The molecule has 0 aromatic heterocycles. The molecule has 88 heavy (non-hydrogen) atoms. The van der Waals surface area contributed by atoms with Crippen LogP contribution in [0.15, 0.2) is 0 Å². The van der Waals surface area contributed by atoms with Gasteiger partial charge in [-0.1, -0.05) is 0 Å². The Bertz CT molecular complexity index is 2500. The molecule has 0 aliphatic rings. The summed E-state index contributed by atoms with van der Waals surface area (Å²) in [6, 6.07) is 0. The third-order valence-electron chi connectivity index (χ3n) is 9.02. The first-order chi connectivity index (χ1) is 36.0. The molecule has 0 amide bonds. The van der Waals surface area contributed by atoms with Gasteiger partial charge in [0.05, 0.1) is 0 Å². The van der Waals surface area contributed by atoms with Gasteiger partial charge in [-0.3, -0.25) is 0 Å². The Morgan fingerprint density at radius 1 is 0.148 bits per heavy atom. The summed E-state index contributed by atoms with van der Waals surface area (Å²) in [4.78, 5) is 0. The topological polar surface area (TPSA) is 172 Å². The van der Waals surface area contributed by atoms with Gasteiger partial charge >= 0.3 is 158 Å². The van der Waals surface area contributed by atoms with E-state index in [9.17, 15) is 263 Å². The summed E-state index contributed by atoms with van der Waals surface area (Å²) in [6.07, 6.45) is -23.7. The molecule has 0 saturated carbocycles. The van der Waals surface area contributed by atoms with Crippen LogP contribution < -0.4 is 0 Å². The third kappa shape index (κ3) is 12.2. The van der Waals surface area contributed by atoms with Crippen molar-refractivity contribution in [2.45, 2.75) is 141 Å². The molecular formula is C24F51FeO9S3. The zero-order chi connectivity index (χ0) is 73.5. The molecule has 0 heterocycles. The van der Waals surface area contributed by atoms with E-state index < -0.39 is 171 Å². The molecule has 0 spiro atoms. The maximum atomic E-state index is 13.0. The maximum absolute atomic E-state index is 13.0. The van der Waals surface area contributed by atoms with Gasteiger partial charge < -0.3 is 13.7 Å². The first-order valence-electron chi connectivity index (χ1n) is 17.0. The Hall–Kier alpha value is -3.32. The van der Waals surface area contributed by atoms with Crippen molar-refractivity contribution in [1.29, 1.82) is 0 Å². The summed E-state index contributed by atoms with van der Waals surface area (Å²) < 4.78 is 732. The molecule has 0 aliphatic heterocycles. The Morgan fingerprint density at radius 2 is 0.216 bits per heavy atom. The van der Waals surface area contributed by atoms with Crippen LogP contribution in [-0.2, 0) is 47.4 Å². The average molecular weight is 1550 g/mol. The minimum absolute atomic E-state index is 0. The van der Waals surface area contributed by atoms with Crippen LogP contribution in [0.1, 0.15) is 0 Å². The van der Waals surface area contributed by atoms with Gasteiger partial charge in [-0.05, 0) is 0 Å². The molecule has 0 unspecified atom stereocenters. The summed E-state index contributed by atoms with van der Waals surface area (Å²) in [5, 5.41) is -23.9. The summed E-state index contributed by atoms with van der Waals surface area (Å²) >= 11 is 0. The standard InChI is InChI=1S/3C8HF17O3S.Fe/c3*9-1(10,3(13,14)5(17,18)7(21,22)23)2(11,12)4(15,16)6(19,20)8(24,25)29(26,27)28;/h3*(H,26,27,28);/q;;;+3/p-3. The predicted molar refractivity (Wildman–Crippen MR) is 151 cm³/mol. The third-order valence-corrected chi connectivity index (χ3v) is 11.7. The van der Waals surface area contributed by atoms with Crippen molar-refractivity contribution >= 4 is 30.4 Å². The van der Waals surface area contributed by atoms with Crippen molar-refractivity contribution in [2.24, 2.45) is 0 Å². The van der Waals surface area contributed by atoms with Gasteiger partial charge in [-0.25, -0.2) is 25.3 Å². The summed E-state index contributed by atoms with van der Waals surface area (Å²) in [6.45, 7) is 0. The number of alkyl halides is 51. The molecule has 0 rings (SSSR count). The van der Waals surface area contributed by atoms with Crippen LogP contribution in [0, 0.1) is 0 Å². The number of halogens is 51. The van der Waals surface area contributed by atoms with Gasteiger partial charge in [0.15, 0.2) is 30.4 Å². The summed E-state index contributed by atoms with van der Waals surface area (Å²) in [5.74, 6) is -156. The minimum Gasteiger partial charge on any atom is -0.743 e. The van der Waals surface area contributed by atoms with Crippen LogP contribution in [0.5, 0.6) is 0 Å². The molecule has 64 heteroatoms. The van der Waals surface area contributed by atoms with Crippen LogP contribution in [-0.4, -0.2) is 180 Å². The van der Waals surface area contributed by atoms with Crippen molar-refractivity contribution < 1.29 is 280 Å². The smallest absolute Gasteiger partial charge is 0.743 e. The molecule has 0 aromatic rings. The van der Waals surface area contributed by atoms with Gasteiger partial charge in [-0.2, -0.15) is 224 Å². The van der Waals surface area contributed by atoms with Crippen LogP contribution in [0.2, 0.25) is 0 Å². The zero-order valence-electron chi connectivity index (χ0n) is 36.5. The molecule has 0 atom stereocenters. The van der Waals surface area contributed by atoms with Gasteiger partial charge in [0.25, 0.3) is 0 Å². The molecular weight excluding hydrogens is 1550 g/mol. The molecule has 1 radical (unpaired) electrons. The second-order valence-electron chi connectivity index (χ2n) is 14.7. The van der Waals surface area contributed by atoms with E-state index in [0.29, 0.717) is 0 Å². The van der Waals surface area contributed by atoms with Crippen molar-refractivity contribution in [3.63, 3.8) is 0 Å². The first kappa shape index (κ1) is 91.1. The van der Waals surface area contributed by atoms with Crippen molar-refractivity contribution in [1.82, 2.24) is 0 Å². The fourth-order valence-electron chi connectivity index (χ4n) is 3.92.